The molecule has 0 aromatic carbocycles. The third kappa shape index (κ3) is 45.9. The molecule has 0 aliphatic heterocycles. The SMILES string of the molecule is CC/C=C\C/C=C\C/C=C\C/C=C\C/C=C\CCCCCCCCCCCCCCCCCCCC(=O)NC(COP(=O)(O)OCC[N+](C)(C)C)C(O)/C=C/CCCCCCC. The number of unbranched alkanes of at least 4 members (excludes halogenated alkanes) is 22. The standard InChI is InChI=1S/C53H97N2O6P/c1-6-8-10-12-14-15-16-17-18-19-20-21-22-23-24-25-26-27-28-29-30-31-32-33-34-35-36-37-38-39-41-43-45-47-53(57)54-51(52(56)46-44-42-40-13-11-9-7-2)50-61-62(58,59)60-49-48-55(3,4)5/h8,10,14-15,17-18,20-21,23-24,44,46,51-52,56H,6-7,9,11-13,16,19,22,25-43,45,47-50H2,1-5H3,(H-,54,57,58,59)/p+1/b10-8-,15-14-,18-17-,21-20-,24-23-,46-44+. The summed E-state index contributed by atoms with van der Waals surface area (Å²) in [6.07, 6.45) is 60.2. The molecule has 0 spiro atoms. The Kier molecular flexibility index (Phi) is 42.7. The van der Waals surface area contributed by atoms with E-state index in [4.69, 9.17) is 9.05 Å². The van der Waals surface area contributed by atoms with Crippen LogP contribution in [0.3, 0.4) is 0 Å². The van der Waals surface area contributed by atoms with E-state index in [1.54, 1.807) is 6.08 Å². The lowest BCUT2D eigenvalue weighted by atomic mass is 10.0. The zero-order chi connectivity index (χ0) is 45.7. The zero-order valence-electron chi connectivity index (χ0n) is 40.8. The third-order valence-electron chi connectivity index (χ3n) is 10.9. The van der Waals surface area contributed by atoms with Gasteiger partial charge in [0.1, 0.15) is 13.2 Å². The zero-order valence-corrected chi connectivity index (χ0v) is 41.7. The van der Waals surface area contributed by atoms with Gasteiger partial charge in [-0.25, -0.2) is 4.57 Å². The second kappa shape index (κ2) is 44.2. The molecule has 0 saturated heterocycles. The summed E-state index contributed by atoms with van der Waals surface area (Å²) < 4.78 is 23.5. The van der Waals surface area contributed by atoms with Gasteiger partial charge < -0.3 is 19.8 Å². The Hall–Kier alpha value is -2.06. The maximum absolute atomic E-state index is 12.8. The number of carbonyl (C=O) groups is 1. The Labute approximate surface area is 383 Å². The van der Waals surface area contributed by atoms with Crippen molar-refractivity contribution in [1.29, 1.82) is 0 Å². The van der Waals surface area contributed by atoms with Crippen molar-refractivity contribution in [3.63, 3.8) is 0 Å². The molecule has 3 N–H and O–H groups in total. The van der Waals surface area contributed by atoms with Gasteiger partial charge in [0.2, 0.25) is 5.91 Å². The first kappa shape index (κ1) is 59.9. The number of rotatable bonds is 45. The van der Waals surface area contributed by atoms with Crippen LogP contribution in [-0.2, 0) is 18.4 Å². The van der Waals surface area contributed by atoms with Crippen molar-refractivity contribution in [2.45, 2.75) is 219 Å². The van der Waals surface area contributed by atoms with E-state index < -0.39 is 20.0 Å². The highest BCUT2D eigenvalue weighted by Crippen LogP contribution is 2.43. The van der Waals surface area contributed by atoms with Crippen molar-refractivity contribution in [2.24, 2.45) is 0 Å². The number of aliphatic hydroxyl groups excluding tert-OH is 1. The Morgan fingerprint density at radius 2 is 0.968 bits per heavy atom. The van der Waals surface area contributed by atoms with Crippen molar-refractivity contribution in [1.82, 2.24) is 5.32 Å². The molecule has 0 fully saturated rings. The normalized spacial score (nSPS) is 14.8. The minimum absolute atomic E-state index is 0.0596. The van der Waals surface area contributed by atoms with Crippen LogP contribution in [0.15, 0.2) is 72.9 Å². The molecule has 0 bridgehead atoms. The van der Waals surface area contributed by atoms with Gasteiger partial charge in [0.15, 0.2) is 0 Å². The lowest BCUT2D eigenvalue weighted by molar-refractivity contribution is -0.870. The first-order valence-electron chi connectivity index (χ1n) is 25.3. The molecule has 0 aliphatic carbocycles. The molecule has 62 heavy (non-hydrogen) atoms. The number of amides is 1. The van der Waals surface area contributed by atoms with Gasteiger partial charge in [-0.3, -0.25) is 13.8 Å². The number of allylic oxidation sites excluding steroid dienone is 11. The number of nitrogens with zero attached hydrogens (tertiary/aromatic N) is 1. The Bertz CT molecular complexity index is 1240. The maximum Gasteiger partial charge on any atom is 0.472 e. The molecule has 360 valence electrons. The first-order valence-corrected chi connectivity index (χ1v) is 26.8. The molecule has 0 saturated carbocycles. The summed E-state index contributed by atoms with van der Waals surface area (Å²) in [7, 11) is 1.57. The van der Waals surface area contributed by atoms with Crippen molar-refractivity contribution in [3.05, 3.63) is 72.9 Å². The molecule has 0 radical (unpaired) electrons. The second-order valence-corrected chi connectivity index (χ2v) is 19.6. The van der Waals surface area contributed by atoms with Gasteiger partial charge in [-0.1, -0.05) is 209 Å². The van der Waals surface area contributed by atoms with Crippen LogP contribution in [0, 0.1) is 0 Å². The van der Waals surface area contributed by atoms with Gasteiger partial charge >= 0.3 is 7.82 Å². The molecule has 3 unspecified atom stereocenters. The average Bonchev–Trinajstić information content (AvgIpc) is 3.23. The fourth-order valence-corrected chi connectivity index (χ4v) is 7.69. The molecule has 9 heteroatoms. The monoisotopic (exact) mass is 890 g/mol. The van der Waals surface area contributed by atoms with Crippen LogP contribution in [0.25, 0.3) is 0 Å². The van der Waals surface area contributed by atoms with Crippen LogP contribution in [0.1, 0.15) is 206 Å². The predicted octanol–water partition coefficient (Wildman–Crippen LogP) is 14.8. The van der Waals surface area contributed by atoms with E-state index in [1.807, 2.05) is 27.2 Å². The van der Waals surface area contributed by atoms with Gasteiger partial charge in [0, 0.05) is 6.42 Å². The summed E-state index contributed by atoms with van der Waals surface area (Å²) in [6, 6.07) is -0.845. The number of hydrogen-bond acceptors (Lipinski definition) is 5. The maximum atomic E-state index is 12.8. The number of likely N-dealkylation sites (N-methyl/N-ethyl adjacent to an activating group) is 1. The van der Waals surface area contributed by atoms with Gasteiger partial charge in [-0.2, -0.15) is 0 Å². The minimum Gasteiger partial charge on any atom is -0.387 e. The summed E-state index contributed by atoms with van der Waals surface area (Å²) in [5.74, 6) is -0.183. The van der Waals surface area contributed by atoms with Crippen LogP contribution >= 0.6 is 7.82 Å². The van der Waals surface area contributed by atoms with E-state index in [-0.39, 0.29) is 19.1 Å². The van der Waals surface area contributed by atoms with Crippen LogP contribution in [0.2, 0.25) is 0 Å². The van der Waals surface area contributed by atoms with Crippen molar-refractivity contribution in [2.75, 3.05) is 40.9 Å². The van der Waals surface area contributed by atoms with Crippen LogP contribution in [0.5, 0.6) is 0 Å². The summed E-state index contributed by atoms with van der Waals surface area (Å²) in [5.41, 5.74) is 0. The molecule has 0 aromatic rings. The molecule has 3 atom stereocenters. The van der Waals surface area contributed by atoms with Crippen molar-refractivity contribution in [3.8, 4) is 0 Å². The highest BCUT2D eigenvalue weighted by Gasteiger charge is 2.27. The van der Waals surface area contributed by atoms with Gasteiger partial charge in [-0.15, -0.1) is 0 Å². The Morgan fingerprint density at radius 3 is 1.42 bits per heavy atom. The molecular weight excluding hydrogens is 792 g/mol. The highest BCUT2D eigenvalue weighted by molar-refractivity contribution is 7.47. The van der Waals surface area contributed by atoms with E-state index in [9.17, 15) is 19.4 Å². The van der Waals surface area contributed by atoms with Crippen molar-refractivity contribution < 1.29 is 32.9 Å². The highest BCUT2D eigenvalue weighted by atomic mass is 31.2. The fourth-order valence-electron chi connectivity index (χ4n) is 6.95. The number of carbonyl (C=O) groups excluding carboxylic acids is 1. The molecule has 0 aromatic heterocycles. The van der Waals surface area contributed by atoms with Gasteiger partial charge in [0.25, 0.3) is 0 Å². The number of nitrogens with one attached hydrogen (secondary N) is 1. The van der Waals surface area contributed by atoms with E-state index >= 15 is 0 Å². The fraction of sp³-hybridized carbons (Fsp3) is 0.755. The van der Waals surface area contributed by atoms with E-state index in [2.05, 4.69) is 79.9 Å². The van der Waals surface area contributed by atoms with E-state index in [0.717, 1.165) is 70.6 Å². The smallest absolute Gasteiger partial charge is 0.387 e. The van der Waals surface area contributed by atoms with Crippen LogP contribution < -0.4 is 5.32 Å². The average molecular weight is 890 g/mol. The molecule has 8 nitrogen and oxygen atoms in total. The van der Waals surface area contributed by atoms with Crippen molar-refractivity contribution >= 4 is 13.7 Å². The molecule has 0 aliphatic rings. The molecule has 0 heterocycles. The quantitative estimate of drug-likeness (QED) is 0.0243. The minimum atomic E-state index is -4.33. The van der Waals surface area contributed by atoms with E-state index in [0.29, 0.717) is 17.4 Å². The van der Waals surface area contributed by atoms with Gasteiger partial charge in [0.05, 0.1) is 39.9 Å². The molecule has 1 amide bonds. The number of quaternary nitrogens is 1. The summed E-state index contributed by atoms with van der Waals surface area (Å²) in [5, 5.41) is 13.7. The molecule has 0 rings (SSSR count). The number of aliphatic hydroxyl groups is 1. The summed E-state index contributed by atoms with van der Waals surface area (Å²) in [4.78, 5) is 23.0. The van der Waals surface area contributed by atoms with E-state index in [1.165, 1.54) is 116 Å². The number of hydrogen-bond donors (Lipinski definition) is 3. The Morgan fingerprint density at radius 1 is 0.565 bits per heavy atom. The topological polar surface area (TPSA) is 105 Å². The number of phosphoric ester groups is 1. The van der Waals surface area contributed by atoms with Crippen LogP contribution in [-0.4, -0.2) is 73.4 Å². The second-order valence-electron chi connectivity index (χ2n) is 18.2. The summed E-state index contributed by atoms with van der Waals surface area (Å²) in [6.45, 7) is 4.63. The lowest BCUT2D eigenvalue weighted by Gasteiger charge is -2.25. The number of phosphoric acid groups is 1. The third-order valence-corrected chi connectivity index (χ3v) is 11.9. The van der Waals surface area contributed by atoms with Crippen LogP contribution in [0.4, 0.5) is 0 Å². The first-order chi connectivity index (χ1) is 30.0. The van der Waals surface area contributed by atoms with Gasteiger partial charge in [-0.05, 0) is 64.2 Å². The molecular formula is C53H98N2O6P+. The Balaban J connectivity index is 3.92. The summed E-state index contributed by atoms with van der Waals surface area (Å²) >= 11 is 0. The predicted molar refractivity (Wildman–Crippen MR) is 267 cm³/mol. The lowest BCUT2D eigenvalue weighted by Crippen LogP contribution is -2.45. The largest absolute Gasteiger partial charge is 0.472 e.